The molecule has 112 valence electrons. The number of nitrogens with one attached hydrogen (secondary N) is 1. The Balaban J connectivity index is 1.70. The van der Waals surface area contributed by atoms with Crippen molar-refractivity contribution in [2.45, 2.75) is 12.5 Å². The SMILES string of the molecule is O=C(Nc1ccccn1)C1CC(c2c(F)cccc2Cl)=NO1. The Morgan fingerprint density at radius 1 is 1.32 bits per heavy atom. The lowest BCUT2D eigenvalue weighted by molar-refractivity contribution is -0.125. The molecule has 1 aliphatic heterocycles. The number of hydrogen-bond acceptors (Lipinski definition) is 4. The van der Waals surface area contributed by atoms with Crippen molar-refractivity contribution in [2.75, 3.05) is 5.32 Å². The molecular formula is C15H11ClFN3O2. The number of hydrogen-bond donors (Lipinski definition) is 1. The third-order valence-corrected chi connectivity index (χ3v) is 3.44. The van der Waals surface area contributed by atoms with Crippen molar-refractivity contribution >= 4 is 29.0 Å². The number of nitrogens with zero attached hydrogens (tertiary/aromatic N) is 2. The van der Waals surface area contributed by atoms with Crippen LogP contribution in [0.4, 0.5) is 10.2 Å². The minimum absolute atomic E-state index is 0.138. The fourth-order valence-electron chi connectivity index (χ4n) is 2.08. The summed E-state index contributed by atoms with van der Waals surface area (Å²) >= 11 is 5.98. The molecule has 0 radical (unpaired) electrons. The van der Waals surface area contributed by atoms with E-state index in [1.807, 2.05) is 0 Å². The molecule has 1 aliphatic rings. The molecule has 0 aliphatic carbocycles. The van der Waals surface area contributed by atoms with Crippen LogP contribution in [0.1, 0.15) is 12.0 Å². The second kappa shape index (κ2) is 6.11. The maximum absolute atomic E-state index is 13.8. The number of carbonyl (C=O) groups is 1. The first-order chi connectivity index (χ1) is 10.6. The number of halogens is 2. The maximum Gasteiger partial charge on any atom is 0.269 e. The zero-order chi connectivity index (χ0) is 15.5. The molecule has 1 amide bonds. The van der Waals surface area contributed by atoms with Crippen LogP contribution in [-0.2, 0) is 9.63 Å². The Labute approximate surface area is 130 Å². The first kappa shape index (κ1) is 14.5. The van der Waals surface area contributed by atoms with Crippen LogP contribution in [-0.4, -0.2) is 22.7 Å². The van der Waals surface area contributed by atoms with Crippen LogP contribution in [0.2, 0.25) is 5.02 Å². The molecule has 1 aromatic heterocycles. The van der Waals surface area contributed by atoms with Crippen LogP contribution in [0, 0.1) is 5.82 Å². The number of oxime groups is 1. The van der Waals surface area contributed by atoms with Gasteiger partial charge in [0.15, 0.2) is 0 Å². The van der Waals surface area contributed by atoms with Gasteiger partial charge in [-0.3, -0.25) is 4.79 Å². The summed E-state index contributed by atoms with van der Waals surface area (Å²) in [5.74, 6) is -0.487. The molecule has 3 rings (SSSR count). The number of amides is 1. The fourth-order valence-corrected chi connectivity index (χ4v) is 2.35. The van der Waals surface area contributed by atoms with Gasteiger partial charge in [0.25, 0.3) is 5.91 Å². The summed E-state index contributed by atoms with van der Waals surface area (Å²) < 4.78 is 13.8. The van der Waals surface area contributed by atoms with E-state index in [0.29, 0.717) is 11.5 Å². The van der Waals surface area contributed by atoms with Crippen molar-refractivity contribution in [3.05, 3.63) is 59.0 Å². The number of carbonyl (C=O) groups excluding carboxylic acids is 1. The average molecular weight is 320 g/mol. The number of benzene rings is 1. The predicted molar refractivity (Wildman–Crippen MR) is 80.3 cm³/mol. The molecule has 2 heterocycles. The lowest BCUT2D eigenvalue weighted by Crippen LogP contribution is -2.28. The first-order valence-electron chi connectivity index (χ1n) is 6.54. The second-order valence-corrected chi connectivity index (χ2v) is 5.04. The Morgan fingerprint density at radius 3 is 2.91 bits per heavy atom. The summed E-state index contributed by atoms with van der Waals surface area (Å²) in [7, 11) is 0. The second-order valence-electron chi connectivity index (χ2n) is 4.64. The van der Waals surface area contributed by atoms with Gasteiger partial charge in [0.05, 0.1) is 16.3 Å². The van der Waals surface area contributed by atoms with Crippen molar-refractivity contribution in [1.29, 1.82) is 0 Å². The van der Waals surface area contributed by atoms with Crippen LogP contribution in [0.25, 0.3) is 0 Å². The fraction of sp³-hybridized carbons (Fsp3) is 0.133. The quantitative estimate of drug-likeness (QED) is 0.946. The molecule has 0 saturated heterocycles. The zero-order valence-corrected chi connectivity index (χ0v) is 12.0. The van der Waals surface area contributed by atoms with E-state index in [1.54, 1.807) is 30.5 Å². The van der Waals surface area contributed by atoms with E-state index in [1.165, 1.54) is 12.1 Å². The van der Waals surface area contributed by atoms with Gasteiger partial charge in [0.1, 0.15) is 11.6 Å². The Hall–Kier alpha value is -2.47. The topological polar surface area (TPSA) is 63.6 Å². The molecule has 1 aromatic carbocycles. The smallest absolute Gasteiger partial charge is 0.269 e. The summed E-state index contributed by atoms with van der Waals surface area (Å²) in [6.45, 7) is 0. The summed E-state index contributed by atoms with van der Waals surface area (Å²) in [5.41, 5.74) is 0.474. The van der Waals surface area contributed by atoms with Gasteiger partial charge >= 0.3 is 0 Å². The molecule has 0 fully saturated rings. The number of anilines is 1. The maximum atomic E-state index is 13.8. The van der Waals surface area contributed by atoms with Crippen LogP contribution in [0.3, 0.4) is 0 Å². The minimum Gasteiger partial charge on any atom is -0.382 e. The Morgan fingerprint density at radius 2 is 2.18 bits per heavy atom. The molecule has 7 heteroatoms. The van der Waals surface area contributed by atoms with E-state index >= 15 is 0 Å². The molecule has 22 heavy (non-hydrogen) atoms. The highest BCUT2D eigenvalue weighted by atomic mass is 35.5. The highest BCUT2D eigenvalue weighted by Crippen LogP contribution is 2.25. The van der Waals surface area contributed by atoms with Crippen molar-refractivity contribution < 1.29 is 14.0 Å². The standard InChI is InChI=1S/C15H11ClFN3O2/c16-9-4-3-5-10(17)14(9)11-8-12(22-20-11)15(21)19-13-6-1-2-7-18-13/h1-7,12H,8H2,(H,18,19,21). The molecule has 1 N–H and O–H groups in total. The monoisotopic (exact) mass is 319 g/mol. The minimum atomic E-state index is -0.840. The Kier molecular flexibility index (Phi) is 4.02. The molecule has 5 nitrogen and oxygen atoms in total. The third-order valence-electron chi connectivity index (χ3n) is 3.13. The highest BCUT2D eigenvalue weighted by Gasteiger charge is 2.31. The van der Waals surface area contributed by atoms with Gasteiger partial charge in [-0.15, -0.1) is 0 Å². The largest absolute Gasteiger partial charge is 0.382 e. The molecular weight excluding hydrogens is 309 g/mol. The van der Waals surface area contributed by atoms with Gasteiger partial charge in [0, 0.05) is 12.6 Å². The van der Waals surface area contributed by atoms with Crippen molar-refractivity contribution in [3.8, 4) is 0 Å². The molecule has 1 unspecified atom stereocenters. The molecule has 0 bridgehead atoms. The van der Waals surface area contributed by atoms with E-state index in [0.717, 1.165) is 0 Å². The van der Waals surface area contributed by atoms with E-state index < -0.39 is 17.8 Å². The van der Waals surface area contributed by atoms with Crippen LogP contribution < -0.4 is 5.32 Å². The van der Waals surface area contributed by atoms with Gasteiger partial charge in [-0.1, -0.05) is 28.9 Å². The van der Waals surface area contributed by atoms with Crippen LogP contribution in [0.5, 0.6) is 0 Å². The van der Waals surface area contributed by atoms with Crippen molar-refractivity contribution in [3.63, 3.8) is 0 Å². The summed E-state index contributed by atoms with van der Waals surface area (Å²) in [6, 6.07) is 9.49. The van der Waals surface area contributed by atoms with Gasteiger partial charge in [0.2, 0.25) is 6.10 Å². The van der Waals surface area contributed by atoms with Gasteiger partial charge in [-0.05, 0) is 24.3 Å². The number of rotatable bonds is 3. The van der Waals surface area contributed by atoms with Gasteiger partial charge in [-0.25, -0.2) is 9.37 Å². The van der Waals surface area contributed by atoms with E-state index in [2.05, 4.69) is 15.5 Å². The Bertz CT molecular complexity index is 717. The summed E-state index contributed by atoms with van der Waals surface area (Å²) in [5, 5.41) is 6.62. The zero-order valence-electron chi connectivity index (χ0n) is 11.3. The summed E-state index contributed by atoms with van der Waals surface area (Å²) in [4.78, 5) is 21.2. The van der Waals surface area contributed by atoms with Gasteiger partial charge < -0.3 is 10.2 Å². The first-order valence-corrected chi connectivity index (χ1v) is 6.92. The molecule has 1 atom stereocenters. The third kappa shape index (κ3) is 2.92. The number of pyridine rings is 1. The number of aromatic nitrogens is 1. The van der Waals surface area contributed by atoms with Crippen molar-refractivity contribution in [1.82, 2.24) is 4.98 Å². The van der Waals surface area contributed by atoms with Gasteiger partial charge in [-0.2, -0.15) is 0 Å². The van der Waals surface area contributed by atoms with E-state index in [-0.39, 0.29) is 17.0 Å². The van der Waals surface area contributed by atoms with Crippen molar-refractivity contribution in [2.24, 2.45) is 5.16 Å². The molecule has 0 spiro atoms. The van der Waals surface area contributed by atoms with Crippen LogP contribution >= 0.6 is 11.6 Å². The van der Waals surface area contributed by atoms with Crippen LogP contribution in [0.15, 0.2) is 47.8 Å². The lowest BCUT2D eigenvalue weighted by Gasteiger charge is -2.08. The predicted octanol–water partition coefficient (Wildman–Crippen LogP) is 3.01. The highest BCUT2D eigenvalue weighted by molar-refractivity contribution is 6.34. The molecule has 0 saturated carbocycles. The normalized spacial score (nSPS) is 16.8. The molecule has 2 aromatic rings. The van der Waals surface area contributed by atoms with E-state index in [9.17, 15) is 9.18 Å². The lowest BCUT2D eigenvalue weighted by atomic mass is 10.0. The summed E-state index contributed by atoms with van der Waals surface area (Å²) in [6.07, 6.45) is 0.860. The average Bonchev–Trinajstić information content (AvgIpc) is 2.98. The van der Waals surface area contributed by atoms with E-state index in [4.69, 9.17) is 16.4 Å².